The van der Waals surface area contributed by atoms with Gasteiger partial charge in [-0.15, -0.1) is 0 Å². The summed E-state index contributed by atoms with van der Waals surface area (Å²) < 4.78 is 7.59. The van der Waals surface area contributed by atoms with E-state index in [1.807, 2.05) is 60.7 Å². The average molecular weight is 464 g/mol. The number of carboxylic acid groups (broad SMARTS) is 1. The number of hydrogen-bond donors (Lipinski definition) is 1. The third-order valence-corrected chi connectivity index (χ3v) is 5.35. The molecule has 2 heterocycles. The zero-order valence-corrected chi connectivity index (χ0v) is 19.4. The largest absolute Gasteiger partial charge is 0.478 e. The number of nitrogens with zero attached hydrogens (tertiary/aromatic N) is 3. The number of allylic oxidation sites excluding steroid dienone is 5. The lowest BCUT2D eigenvalue weighted by atomic mass is 10.1. The molecule has 0 aliphatic rings. The van der Waals surface area contributed by atoms with Gasteiger partial charge in [0.25, 0.3) is 0 Å². The highest BCUT2D eigenvalue weighted by Gasteiger charge is 2.18. The van der Waals surface area contributed by atoms with Gasteiger partial charge < -0.3 is 9.84 Å². The lowest BCUT2D eigenvalue weighted by molar-refractivity contribution is 0.0699. The van der Waals surface area contributed by atoms with Crippen LogP contribution in [0.15, 0.2) is 104 Å². The summed E-state index contributed by atoms with van der Waals surface area (Å²) in [6.07, 6.45) is 8.72. The van der Waals surface area contributed by atoms with Gasteiger partial charge in [0.1, 0.15) is 11.5 Å². The summed E-state index contributed by atoms with van der Waals surface area (Å²) in [7, 11) is 0. The van der Waals surface area contributed by atoms with Gasteiger partial charge >= 0.3 is 5.97 Å². The van der Waals surface area contributed by atoms with E-state index in [-0.39, 0.29) is 5.56 Å². The lowest BCUT2D eigenvalue weighted by Crippen LogP contribution is -2.05. The van der Waals surface area contributed by atoms with Crippen molar-refractivity contribution in [3.8, 4) is 11.5 Å². The number of carboxylic acids is 1. The molecule has 0 amide bonds. The molecule has 174 valence electrons. The van der Waals surface area contributed by atoms with Crippen molar-refractivity contribution in [2.75, 3.05) is 0 Å². The predicted molar refractivity (Wildman–Crippen MR) is 139 cm³/mol. The molecule has 2 aromatic carbocycles. The molecule has 0 saturated heterocycles. The monoisotopic (exact) mass is 463 g/mol. The molecule has 0 atom stereocenters. The van der Waals surface area contributed by atoms with Gasteiger partial charge in [-0.25, -0.2) is 14.5 Å². The molecule has 1 N–H and O–H groups in total. The summed E-state index contributed by atoms with van der Waals surface area (Å²) >= 11 is 0. The minimum Gasteiger partial charge on any atom is -0.478 e. The van der Waals surface area contributed by atoms with Gasteiger partial charge in [0.05, 0.1) is 28.9 Å². The fourth-order valence-corrected chi connectivity index (χ4v) is 3.71. The Bertz CT molecular complexity index is 1450. The van der Waals surface area contributed by atoms with E-state index in [1.54, 1.807) is 42.0 Å². The second kappa shape index (κ2) is 10.5. The molecule has 0 spiro atoms. The summed E-state index contributed by atoms with van der Waals surface area (Å²) in [5.41, 5.74) is 3.62. The van der Waals surface area contributed by atoms with Gasteiger partial charge in [0, 0.05) is 0 Å². The van der Waals surface area contributed by atoms with Crippen LogP contribution in [0.5, 0.6) is 11.5 Å². The number of pyridine rings is 1. The van der Waals surface area contributed by atoms with Crippen LogP contribution >= 0.6 is 0 Å². The first-order valence-electron chi connectivity index (χ1n) is 11.0. The highest BCUT2D eigenvalue weighted by Crippen LogP contribution is 2.25. The topological polar surface area (TPSA) is 77.2 Å². The van der Waals surface area contributed by atoms with Crippen molar-refractivity contribution in [3.05, 3.63) is 126 Å². The van der Waals surface area contributed by atoms with Crippen molar-refractivity contribution in [2.45, 2.75) is 13.5 Å². The fourth-order valence-electron chi connectivity index (χ4n) is 3.71. The first-order chi connectivity index (χ1) is 17.0. The van der Waals surface area contributed by atoms with E-state index in [4.69, 9.17) is 9.72 Å². The van der Waals surface area contributed by atoms with Crippen molar-refractivity contribution >= 4 is 23.1 Å². The lowest BCUT2D eigenvalue weighted by Gasteiger charge is -2.08. The van der Waals surface area contributed by atoms with Crippen LogP contribution in [0.25, 0.3) is 17.1 Å². The van der Waals surface area contributed by atoms with Crippen LogP contribution in [0, 0.1) is 6.92 Å². The number of ether oxygens (including phenoxy) is 1. The molecule has 4 rings (SSSR count). The molecular weight excluding hydrogens is 438 g/mol. The van der Waals surface area contributed by atoms with Crippen molar-refractivity contribution in [3.63, 3.8) is 0 Å². The zero-order valence-electron chi connectivity index (χ0n) is 19.4. The third-order valence-electron chi connectivity index (χ3n) is 5.35. The molecule has 6 heteroatoms. The minimum atomic E-state index is -1.03. The Balaban J connectivity index is 1.67. The molecule has 0 fully saturated rings. The van der Waals surface area contributed by atoms with Crippen LogP contribution in [0.1, 0.15) is 27.3 Å². The van der Waals surface area contributed by atoms with E-state index in [9.17, 15) is 9.90 Å². The van der Waals surface area contributed by atoms with Gasteiger partial charge in [-0.2, -0.15) is 5.10 Å². The van der Waals surface area contributed by atoms with Crippen molar-refractivity contribution in [2.24, 2.45) is 0 Å². The van der Waals surface area contributed by atoms with Gasteiger partial charge in [-0.3, -0.25) is 0 Å². The SMILES string of the molecule is C=C/C=C(C=C)/C=C/c1cc(C(=O)O)c2c(C)nn(Cc3ccc(Oc4ccccc4)cc3)c2n1. The Morgan fingerprint density at radius 2 is 1.80 bits per heavy atom. The van der Waals surface area contributed by atoms with Gasteiger partial charge in [0.2, 0.25) is 0 Å². The highest BCUT2D eigenvalue weighted by atomic mass is 16.5. The van der Waals surface area contributed by atoms with E-state index in [0.29, 0.717) is 29.0 Å². The number of aryl methyl sites for hydroxylation is 1. The van der Waals surface area contributed by atoms with Crippen LogP contribution in [0.2, 0.25) is 0 Å². The summed E-state index contributed by atoms with van der Waals surface area (Å²) in [6, 6.07) is 18.8. The zero-order chi connectivity index (χ0) is 24.8. The summed E-state index contributed by atoms with van der Waals surface area (Å²) in [4.78, 5) is 16.7. The van der Waals surface area contributed by atoms with E-state index < -0.39 is 5.97 Å². The number of benzene rings is 2. The Labute approximate surface area is 203 Å². The second-order valence-electron chi connectivity index (χ2n) is 7.84. The smallest absolute Gasteiger partial charge is 0.336 e. The fraction of sp³-hybridized carbons (Fsp3) is 0.0690. The van der Waals surface area contributed by atoms with E-state index >= 15 is 0 Å². The quantitative estimate of drug-likeness (QED) is 0.283. The molecule has 4 aromatic rings. The number of aromatic carboxylic acids is 1. The maximum Gasteiger partial charge on any atom is 0.336 e. The normalized spacial score (nSPS) is 11.6. The van der Waals surface area contributed by atoms with Crippen molar-refractivity contribution in [1.29, 1.82) is 0 Å². The predicted octanol–water partition coefficient (Wildman–Crippen LogP) is 6.59. The van der Waals surface area contributed by atoms with Crippen molar-refractivity contribution < 1.29 is 14.6 Å². The maximum absolute atomic E-state index is 12.0. The summed E-state index contributed by atoms with van der Waals surface area (Å²) in [5.74, 6) is 0.468. The van der Waals surface area contributed by atoms with E-state index in [1.165, 1.54) is 0 Å². The van der Waals surface area contributed by atoms with Crippen molar-refractivity contribution in [1.82, 2.24) is 14.8 Å². The Hall–Kier alpha value is -4.71. The molecule has 0 aliphatic carbocycles. The van der Waals surface area contributed by atoms with E-state index in [2.05, 4.69) is 18.3 Å². The van der Waals surface area contributed by atoms with Crippen LogP contribution in [-0.2, 0) is 6.54 Å². The first-order valence-corrected chi connectivity index (χ1v) is 11.0. The molecule has 0 radical (unpaired) electrons. The number of para-hydroxylation sites is 1. The number of fused-ring (bicyclic) bond motifs is 1. The van der Waals surface area contributed by atoms with Crippen LogP contribution in [0.4, 0.5) is 0 Å². The number of carbonyl (C=O) groups is 1. The second-order valence-corrected chi connectivity index (χ2v) is 7.84. The Morgan fingerprint density at radius 3 is 2.46 bits per heavy atom. The molecule has 0 bridgehead atoms. The molecule has 2 aromatic heterocycles. The average Bonchev–Trinajstić information content (AvgIpc) is 3.17. The highest BCUT2D eigenvalue weighted by molar-refractivity contribution is 6.03. The third kappa shape index (κ3) is 5.45. The molecule has 0 aliphatic heterocycles. The van der Waals surface area contributed by atoms with Crippen LogP contribution < -0.4 is 4.74 Å². The van der Waals surface area contributed by atoms with Gasteiger partial charge in [-0.05, 0) is 54.5 Å². The summed E-state index contributed by atoms with van der Waals surface area (Å²) in [6.45, 7) is 9.70. The molecule has 0 unspecified atom stereocenters. The molecular formula is C29H25N3O3. The first kappa shape index (κ1) is 23.4. The molecule has 35 heavy (non-hydrogen) atoms. The number of aromatic nitrogens is 3. The number of rotatable bonds is 9. The standard InChI is InChI=1S/C29H25N3O3/c1-4-9-21(5-2)12-15-23-18-26(29(33)34)27-20(3)31-32(28(27)30-23)19-22-13-16-25(17-14-22)35-24-10-7-6-8-11-24/h4-18H,1-2,19H2,3H3,(H,33,34)/b15-12+,21-9+. The number of hydrogen-bond acceptors (Lipinski definition) is 4. The van der Waals surface area contributed by atoms with Crippen LogP contribution in [0.3, 0.4) is 0 Å². The molecule has 0 saturated carbocycles. The van der Waals surface area contributed by atoms with Gasteiger partial charge in [0.15, 0.2) is 5.65 Å². The Kier molecular flexibility index (Phi) is 7.02. The van der Waals surface area contributed by atoms with Crippen LogP contribution in [-0.4, -0.2) is 25.8 Å². The maximum atomic E-state index is 12.0. The van der Waals surface area contributed by atoms with E-state index in [0.717, 1.165) is 22.6 Å². The summed E-state index contributed by atoms with van der Waals surface area (Å²) in [5, 5.41) is 15.0. The minimum absolute atomic E-state index is 0.165. The molecule has 6 nitrogen and oxygen atoms in total. The Morgan fingerprint density at radius 1 is 1.09 bits per heavy atom. The van der Waals surface area contributed by atoms with Gasteiger partial charge in [-0.1, -0.05) is 67.8 Å².